The Morgan fingerprint density at radius 2 is 1.82 bits per heavy atom. The van der Waals surface area contributed by atoms with Gasteiger partial charge in [-0.15, -0.1) is 11.3 Å². The van der Waals surface area contributed by atoms with Crippen molar-refractivity contribution in [3.8, 4) is 0 Å². The number of likely N-dealkylation sites (N-methyl/N-ethyl adjacent to an activating group) is 1. The highest BCUT2D eigenvalue weighted by atomic mass is 32.1. The van der Waals surface area contributed by atoms with Crippen molar-refractivity contribution >= 4 is 34.0 Å². The van der Waals surface area contributed by atoms with Crippen molar-refractivity contribution in [2.45, 2.75) is 26.7 Å². The maximum atomic E-state index is 12.7. The van der Waals surface area contributed by atoms with Crippen molar-refractivity contribution in [3.05, 3.63) is 16.1 Å². The molecule has 28 heavy (non-hydrogen) atoms. The number of amides is 1. The second-order valence-corrected chi connectivity index (χ2v) is 8.73. The summed E-state index contributed by atoms with van der Waals surface area (Å²) < 4.78 is 0. The molecule has 0 bridgehead atoms. The van der Waals surface area contributed by atoms with Gasteiger partial charge in [0.25, 0.3) is 5.91 Å². The fourth-order valence-electron chi connectivity index (χ4n) is 4.09. The predicted octanol–water partition coefficient (Wildman–Crippen LogP) is 1.97. The van der Waals surface area contributed by atoms with Crippen LogP contribution in [0.4, 0.5) is 5.82 Å². The van der Waals surface area contributed by atoms with E-state index >= 15 is 0 Å². The third-order valence-electron chi connectivity index (χ3n) is 5.85. The number of aryl methyl sites for hydroxylation is 1. The van der Waals surface area contributed by atoms with Crippen LogP contribution in [0.5, 0.6) is 0 Å². The molecule has 0 aliphatic carbocycles. The molecule has 8 heteroatoms. The number of nitrogens with zero attached hydrogens (tertiary/aromatic N) is 5. The molecule has 0 aromatic carbocycles. The lowest BCUT2D eigenvalue weighted by atomic mass is 10.2. The molecule has 0 saturated carbocycles. The van der Waals surface area contributed by atoms with E-state index < -0.39 is 0 Å². The summed E-state index contributed by atoms with van der Waals surface area (Å²) in [5.41, 5.74) is 0.889. The Kier molecular flexibility index (Phi) is 6.08. The maximum Gasteiger partial charge on any atom is 0.289 e. The Bertz CT molecular complexity index is 823. The van der Waals surface area contributed by atoms with Crippen LogP contribution in [-0.2, 0) is 0 Å². The average molecular weight is 403 g/mol. The SMILES string of the molecule is CCN1CCN(CCNC(=O)c2nc(N3CCCC3)c3c(C)scc3n2)CC1. The minimum absolute atomic E-state index is 0.168. The van der Waals surface area contributed by atoms with Crippen LogP contribution in [0.15, 0.2) is 5.38 Å². The second-order valence-electron chi connectivity index (χ2n) is 7.65. The highest BCUT2D eigenvalue weighted by molar-refractivity contribution is 7.11. The number of anilines is 1. The van der Waals surface area contributed by atoms with E-state index in [9.17, 15) is 4.79 Å². The van der Waals surface area contributed by atoms with Gasteiger partial charge in [0.05, 0.1) is 10.9 Å². The van der Waals surface area contributed by atoms with E-state index in [0.29, 0.717) is 12.4 Å². The number of hydrogen-bond donors (Lipinski definition) is 1. The lowest BCUT2D eigenvalue weighted by Gasteiger charge is -2.33. The summed E-state index contributed by atoms with van der Waals surface area (Å²) in [6.07, 6.45) is 2.36. The Balaban J connectivity index is 1.41. The van der Waals surface area contributed by atoms with Gasteiger partial charge in [0.15, 0.2) is 0 Å². The minimum Gasteiger partial charge on any atom is -0.356 e. The Labute approximate surface area is 170 Å². The second kappa shape index (κ2) is 8.71. The maximum absolute atomic E-state index is 12.7. The number of aromatic nitrogens is 2. The molecule has 4 heterocycles. The molecule has 2 aliphatic heterocycles. The number of rotatable bonds is 6. The van der Waals surface area contributed by atoms with Crippen LogP contribution in [0.25, 0.3) is 10.9 Å². The number of carbonyl (C=O) groups excluding carboxylic acids is 1. The Morgan fingerprint density at radius 3 is 2.54 bits per heavy atom. The van der Waals surface area contributed by atoms with Crippen LogP contribution < -0.4 is 10.2 Å². The Morgan fingerprint density at radius 1 is 1.11 bits per heavy atom. The Hall–Kier alpha value is -1.77. The number of hydrogen-bond acceptors (Lipinski definition) is 7. The molecule has 4 rings (SSSR count). The van der Waals surface area contributed by atoms with Gasteiger partial charge in [-0.2, -0.15) is 0 Å². The fourth-order valence-corrected chi connectivity index (χ4v) is 4.86. The summed E-state index contributed by atoms with van der Waals surface area (Å²) >= 11 is 1.68. The van der Waals surface area contributed by atoms with Crippen molar-refractivity contribution in [3.63, 3.8) is 0 Å². The van der Waals surface area contributed by atoms with Gasteiger partial charge in [-0.25, -0.2) is 9.97 Å². The summed E-state index contributed by atoms with van der Waals surface area (Å²) in [5.74, 6) is 1.06. The van der Waals surface area contributed by atoms with E-state index in [1.807, 2.05) is 5.38 Å². The number of piperazine rings is 1. The van der Waals surface area contributed by atoms with E-state index in [1.165, 1.54) is 17.7 Å². The first-order valence-electron chi connectivity index (χ1n) is 10.4. The number of fused-ring (bicyclic) bond motifs is 1. The first kappa shape index (κ1) is 19.5. The van der Waals surface area contributed by atoms with E-state index in [-0.39, 0.29) is 5.91 Å². The van der Waals surface area contributed by atoms with Gasteiger partial charge in [0.1, 0.15) is 5.82 Å². The molecule has 2 aromatic rings. The zero-order chi connectivity index (χ0) is 19.5. The molecule has 0 unspecified atom stereocenters. The third-order valence-corrected chi connectivity index (χ3v) is 6.75. The molecule has 1 N–H and O–H groups in total. The highest BCUT2D eigenvalue weighted by Gasteiger charge is 2.22. The molecule has 0 atom stereocenters. The predicted molar refractivity (Wildman–Crippen MR) is 114 cm³/mol. The monoisotopic (exact) mass is 402 g/mol. The molecule has 0 radical (unpaired) electrons. The van der Waals surface area contributed by atoms with Gasteiger partial charge in [-0.1, -0.05) is 6.92 Å². The summed E-state index contributed by atoms with van der Waals surface area (Å²) in [6, 6.07) is 0. The molecule has 0 spiro atoms. The lowest BCUT2D eigenvalue weighted by molar-refractivity contribution is 0.0928. The zero-order valence-corrected chi connectivity index (χ0v) is 17.7. The molecule has 2 aromatic heterocycles. The van der Waals surface area contributed by atoms with Crippen molar-refractivity contribution in [2.75, 3.05) is 63.8 Å². The van der Waals surface area contributed by atoms with E-state index in [1.54, 1.807) is 11.3 Å². The van der Waals surface area contributed by atoms with Crippen LogP contribution >= 0.6 is 11.3 Å². The molecule has 7 nitrogen and oxygen atoms in total. The molecular weight excluding hydrogens is 372 g/mol. The summed E-state index contributed by atoms with van der Waals surface area (Å²) in [4.78, 5) is 30.4. The van der Waals surface area contributed by atoms with E-state index in [2.05, 4.69) is 38.8 Å². The molecule has 2 fully saturated rings. The van der Waals surface area contributed by atoms with Gasteiger partial charge < -0.3 is 15.1 Å². The van der Waals surface area contributed by atoms with Crippen LogP contribution in [0.1, 0.15) is 35.3 Å². The lowest BCUT2D eigenvalue weighted by Crippen LogP contribution is -2.48. The van der Waals surface area contributed by atoms with Crippen molar-refractivity contribution in [2.24, 2.45) is 0 Å². The van der Waals surface area contributed by atoms with E-state index in [0.717, 1.165) is 69.1 Å². The standard InChI is InChI=1S/C20H30N6OS/c1-3-24-10-12-25(13-11-24)9-6-21-20(27)18-22-16-14-28-15(2)17(16)19(23-18)26-7-4-5-8-26/h14H,3-13H2,1-2H3,(H,21,27). The van der Waals surface area contributed by atoms with E-state index in [4.69, 9.17) is 4.98 Å². The van der Waals surface area contributed by atoms with Crippen LogP contribution in [0, 0.1) is 6.92 Å². The fraction of sp³-hybridized carbons (Fsp3) is 0.650. The average Bonchev–Trinajstić information content (AvgIpc) is 3.38. The van der Waals surface area contributed by atoms with Crippen molar-refractivity contribution in [1.82, 2.24) is 25.1 Å². The molecule has 1 amide bonds. The molecular formula is C20H30N6OS. The van der Waals surface area contributed by atoms with Crippen LogP contribution in [0.2, 0.25) is 0 Å². The summed E-state index contributed by atoms with van der Waals surface area (Å²) in [6.45, 7) is 13.3. The minimum atomic E-state index is -0.168. The summed E-state index contributed by atoms with van der Waals surface area (Å²) in [7, 11) is 0. The highest BCUT2D eigenvalue weighted by Crippen LogP contribution is 2.33. The van der Waals surface area contributed by atoms with Gasteiger partial charge in [0.2, 0.25) is 5.82 Å². The summed E-state index contributed by atoms with van der Waals surface area (Å²) in [5, 5.41) is 6.17. The number of carbonyl (C=O) groups is 1. The van der Waals surface area contributed by atoms with Gasteiger partial charge >= 0.3 is 0 Å². The van der Waals surface area contributed by atoms with Gasteiger partial charge in [-0.3, -0.25) is 9.69 Å². The third kappa shape index (κ3) is 4.14. The first-order chi connectivity index (χ1) is 13.7. The topological polar surface area (TPSA) is 64.6 Å². The number of nitrogens with one attached hydrogen (secondary N) is 1. The van der Waals surface area contributed by atoms with Crippen LogP contribution in [0.3, 0.4) is 0 Å². The number of thiophene rings is 1. The largest absolute Gasteiger partial charge is 0.356 e. The molecule has 152 valence electrons. The normalized spacial score (nSPS) is 18.9. The zero-order valence-electron chi connectivity index (χ0n) is 16.9. The first-order valence-corrected chi connectivity index (χ1v) is 11.3. The van der Waals surface area contributed by atoms with Crippen molar-refractivity contribution < 1.29 is 4.79 Å². The van der Waals surface area contributed by atoms with Crippen molar-refractivity contribution in [1.29, 1.82) is 0 Å². The molecule has 2 aliphatic rings. The quantitative estimate of drug-likeness (QED) is 0.797. The molecule has 2 saturated heterocycles. The van der Waals surface area contributed by atoms with Crippen LogP contribution in [-0.4, -0.2) is 84.6 Å². The van der Waals surface area contributed by atoms with Gasteiger partial charge in [0, 0.05) is 62.6 Å². The smallest absolute Gasteiger partial charge is 0.289 e. The van der Waals surface area contributed by atoms with Gasteiger partial charge in [-0.05, 0) is 26.3 Å².